The van der Waals surface area contributed by atoms with E-state index in [0.717, 1.165) is 11.1 Å². The van der Waals surface area contributed by atoms with Gasteiger partial charge in [-0.05, 0) is 30.2 Å². The van der Waals surface area contributed by atoms with E-state index in [4.69, 9.17) is 0 Å². The SMILES string of the molecule is Cc1ccc(C2=C(O)C(=O)N(Cc3cccnc3)C2c2ccccc2F)cc1. The summed E-state index contributed by atoms with van der Waals surface area (Å²) in [6, 6.07) is 16.7. The van der Waals surface area contributed by atoms with Crippen LogP contribution in [0.3, 0.4) is 0 Å². The van der Waals surface area contributed by atoms with Crippen molar-refractivity contribution in [2.45, 2.75) is 19.5 Å². The van der Waals surface area contributed by atoms with Crippen LogP contribution in [0.15, 0.2) is 78.8 Å². The lowest BCUT2D eigenvalue weighted by Gasteiger charge is -2.27. The minimum Gasteiger partial charge on any atom is -0.503 e. The molecule has 1 aliphatic heterocycles. The maximum Gasteiger partial charge on any atom is 0.290 e. The van der Waals surface area contributed by atoms with E-state index in [1.807, 2.05) is 37.3 Å². The summed E-state index contributed by atoms with van der Waals surface area (Å²) in [6.45, 7) is 2.17. The second-order valence-corrected chi connectivity index (χ2v) is 6.85. The maximum absolute atomic E-state index is 14.7. The predicted molar refractivity (Wildman–Crippen MR) is 105 cm³/mol. The number of benzene rings is 2. The lowest BCUT2D eigenvalue weighted by atomic mass is 9.92. The molecule has 1 N–H and O–H groups in total. The molecule has 4 nitrogen and oxygen atoms in total. The fraction of sp³-hybridized carbons (Fsp3) is 0.130. The number of carbonyl (C=O) groups is 1. The number of amides is 1. The molecule has 2 aromatic carbocycles. The van der Waals surface area contributed by atoms with Gasteiger partial charge in [0.2, 0.25) is 0 Å². The summed E-state index contributed by atoms with van der Waals surface area (Å²) in [6.07, 6.45) is 3.31. The third-order valence-corrected chi connectivity index (χ3v) is 4.94. The highest BCUT2D eigenvalue weighted by atomic mass is 19.1. The van der Waals surface area contributed by atoms with Crippen LogP contribution in [0, 0.1) is 12.7 Å². The minimum atomic E-state index is -0.725. The molecular weight excluding hydrogens is 355 g/mol. The van der Waals surface area contributed by atoms with Crippen LogP contribution in [0.4, 0.5) is 4.39 Å². The van der Waals surface area contributed by atoms with Gasteiger partial charge in [0.1, 0.15) is 5.82 Å². The summed E-state index contributed by atoms with van der Waals surface area (Å²) in [4.78, 5) is 18.5. The number of pyridine rings is 1. The van der Waals surface area contributed by atoms with Crippen LogP contribution in [0.25, 0.3) is 5.57 Å². The smallest absolute Gasteiger partial charge is 0.290 e. The zero-order valence-corrected chi connectivity index (χ0v) is 15.3. The van der Waals surface area contributed by atoms with Crippen molar-refractivity contribution in [2.24, 2.45) is 0 Å². The van der Waals surface area contributed by atoms with Gasteiger partial charge in [-0.2, -0.15) is 0 Å². The standard InChI is InChI=1S/C23H19FN2O2/c1-15-8-10-17(11-9-15)20-21(18-6-2-3-7-19(18)24)26(23(28)22(20)27)14-16-5-4-12-25-13-16/h2-13,21,27H,14H2,1H3. The average Bonchev–Trinajstić information content (AvgIpc) is 2.95. The molecule has 0 aliphatic carbocycles. The third kappa shape index (κ3) is 3.16. The van der Waals surface area contributed by atoms with Gasteiger partial charge < -0.3 is 10.0 Å². The molecule has 0 radical (unpaired) electrons. The van der Waals surface area contributed by atoms with Crippen LogP contribution < -0.4 is 0 Å². The van der Waals surface area contributed by atoms with Gasteiger partial charge in [0.15, 0.2) is 5.76 Å². The van der Waals surface area contributed by atoms with Crippen molar-refractivity contribution in [1.29, 1.82) is 0 Å². The Kier molecular flexibility index (Phi) is 4.65. The molecule has 5 heteroatoms. The maximum atomic E-state index is 14.7. The number of halogens is 1. The molecule has 0 spiro atoms. The lowest BCUT2D eigenvalue weighted by Crippen LogP contribution is -2.30. The monoisotopic (exact) mass is 374 g/mol. The number of nitrogens with zero attached hydrogens (tertiary/aromatic N) is 2. The number of aromatic nitrogens is 1. The Morgan fingerprint density at radius 1 is 1.07 bits per heavy atom. The van der Waals surface area contributed by atoms with Crippen LogP contribution in [0.2, 0.25) is 0 Å². The normalized spacial score (nSPS) is 16.7. The minimum absolute atomic E-state index is 0.213. The highest BCUT2D eigenvalue weighted by molar-refractivity contribution is 6.05. The predicted octanol–water partition coefficient (Wildman–Crippen LogP) is 4.58. The van der Waals surface area contributed by atoms with Gasteiger partial charge in [0.05, 0.1) is 6.04 Å². The number of hydrogen-bond acceptors (Lipinski definition) is 3. The first-order valence-electron chi connectivity index (χ1n) is 9.00. The first kappa shape index (κ1) is 17.9. The van der Waals surface area contributed by atoms with Gasteiger partial charge in [0, 0.05) is 30.1 Å². The largest absolute Gasteiger partial charge is 0.503 e. The van der Waals surface area contributed by atoms with E-state index in [1.165, 1.54) is 11.0 Å². The zero-order valence-electron chi connectivity index (χ0n) is 15.3. The molecule has 0 bridgehead atoms. The molecule has 1 atom stereocenters. The number of rotatable bonds is 4. The van der Waals surface area contributed by atoms with Gasteiger partial charge in [0.25, 0.3) is 5.91 Å². The molecule has 140 valence electrons. The van der Waals surface area contributed by atoms with Gasteiger partial charge in [-0.1, -0.05) is 54.1 Å². The van der Waals surface area contributed by atoms with Crippen molar-refractivity contribution in [2.75, 3.05) is 0 Å². The number of hydrogen-bond donors (Lipinski definition) is 1. The molecule has 0 fully saturated rings. The van der Waals surface area contributed by atoms with Crippen LogP contribution in [-0.4, -0.2) is 20.9 Å². The molecule has 4 rings (SSSR count). The van der Waals surface area contributed by atoms with Crippen molar-refractivity contribution < 1.29 is 14.3 Å². The molecule has 1 aromatic heterocycles. The van der Waals surface area contributed by atoms with E-state index < -0.39 is 17.8 Å². The third-order valence-electron chi connectivity index (χ3n) is 4.94. The second-order valence-electron chi connectivity index (χ2n) is 6.85. The summed E-state index contributed by atoms with van der Waals surface area (Å²) in [5.41, 5.74) is 3.31. The van der Waals surface area contributed by atoms with Crippen molar-refractivity contribution in [3.63, 3.8) is 0 Å². The number of aryl methyl sites for hydroxylation is 1. The van der Waals surface area contributed by atoms with E-state index >= 15 is 0 Å². The van der Waals surface area contributed by atoms with Crippen LogP contribution in [0.1, 0.15) is 28.3 Å². The molecule has 1 aliphatic rings. The molecule has 0 saturated heterocycles. The molecule has 1 unspecified atom stereocenters. The Balaban J connectivity index is 1.84. The molecule has 1 amide bonds. The Morgan fingerprint density at radius 3 is 2.50 bits per heavy atom. The van der Waals surface area contributed by atoms with E-state index in [1.54, 1.807) is 36.7 Å². The highest BCUT2D eigenvalue weighted by Gasteiger charge is 2.42. The number of aliphatic hydroxyl groups excluding tert-OH is 1. The molecule has 3 aromatic rings. The van der Waals surface area contributed by atoms with E-state index in [-0.39, 0.29) is 12.3 Å². The summed E-state index contributed by atoms with van der Waals surface area (Å²) < 4.78 is 14.7. The van der Waals surface area contributed by atoms with E-state index in [0.29, 0.717) is 16.7 Å². The number of carbonyl (C=O) groups excluding carboxylic acids is 1. The van der Waals surface area contributed by atoms with Gasteiger partial charge in [-0.3, -0.25) is 9.78 Å². The van der Waals surface area contributed by atoms with Crippen LogP contribution >= 0.6 is 0 Å². The summed E-state index contributed by atoms with van der Waals surface area (Å²) in [7, 11) is 0. The zero-order chi connectivity index (χ0) is 19.7. The van der Waals surface area contributed by atoms with E-state index in [9.17, 15) is 14.3 Å². The van der Waals surface area contributed by atoms with Gasteiger partial charge in [-0.25, -0.2) is 4.39 Å². The van der Waals surface area contributed by atoms with Gasteiger partial charge in [-0.15, -0.1) is 0 Å². The molecule has 28 heavy (non-hydrogen) atoms. The lowest BCUT2D eigenvalue weighted by molar-refractivity contribution is -0.130. The quantitative estimate of drug-likeness (QED) is 0.727. The molecular formula is C23H19FN2O2. The van der Waals surface area contributed by atoms with Crippen molar-refractivity contribution in [1.82, 2.24) is 9.88 Å². The summed E-state index contributed by atoms with van der Waals surface area (Å²) >= 11 is 0. The first-order chi connectivity index (χ1) is 13.6. The number of aliphatic hydroxyl groups is 1. The Bertz CT molecular complexity index is 1050. The molecule has 0 saturated carbocycles. The second kappa shape index (κ2) is 7.27. The van der Waals surface area contributed by atoms with Crippen molar-refractivity contribution in [3.05, 3.63) is 107 Å². The summed E-state index contributed by atoms with van der Waals surface area (Å²) in [5.74, 6) is -1.29. The fourth-order valence-electron chi connectivity index (χ4n) is 3.55. The fourth-order valence-corrected chi connectivity index (χ4v) is 3.55. The van der Waals surface area contributed by atoms with Gasteiger partial charge >= 0.3 is 0 Å². The Hall–Kier alpha value is -3.47. The Labute approximate surface area is 162 Å². The van der Waals surface area contributed by atoms with Crippen molar-refractivity contribution >= 4 is 11.5 Å². The Morgan fingerprint density at radius 2 is 1.82 bits per heavy atom. The first-order valence-corrected chi connectivity index (χ1v) is 9.00. The highest BCUT2D eigenvalue weighted by Crippen LogP contribution is 2.44. The molecule has 2 heterocycles. The van der Waals surface area contributed by atoms with Crippen molar-refractivity contribution in [3.8, 4) is 0 Å². The average molecular weight is 374 g/mol. The van der Waals surface area contributed by atoms with Crippen LogP contribution in [0.5, 0.6) is 0 Å². The van der Waals surface area contributed by atoms with Crippen LogP contribution in [-0.2, 0) is 11.3 Å². The van der Waals surface area contributed by atoms with E-state index in [2.05, 4.69) is 4.98 Å². The topological polar surface area (TPSA) is 53.4 Å². The summed E-state index contributed by atoms with van der Waals surface area (Å²) in [5, 5.41) is 10.7.